The molecular formula is C15H22N2O2. The van der Waals surface area contributed by atoms with Gasteiger partial charge in [-0.2, -0.15) is 0 Å². The Morgan fingerprint density at radius 2 is 2.05 bits per heavy atom. The second-order valence-corrected chi connectivity index (χ2v) is 5.58. The maximum absolute atomic E-state index is 9.54. The minimum absolute atomic E-state index is 0.358. The molecule has 1 heterocycles. The van der Waals surface area contributed by atoms with Crippen molar-refractivity contribution in [3.05, 3.63) is 24.0 Å². The molecule has 1 N–H and O–H groups in total. The number of aliphatic hydroxyl groups excluding tert-OH is 1. The molecule has 0 saturated heterocycles. The first-order valence-electron chi connectivity index (χ1n) is 6.72. The van der Waals surface area contributed by atoms with E-state index in [1.54, 1.807) is 13.3 Å². The zero-order chi connectivity index (χ0) is 14.0. The van der Waals surface area contributed by atoms with E-state index >= 15 is 0 Å². The Hall–Kier alpha value is -1.55. The molecule has 0 aliphatic heterocycles. The third kappa shape index (κ3) is 3.26. The Bertz CT molecular complexity index is 559. The fraction of sp³-hybridized carbons (Fsp3) is 0.533. The highest BCUT2D eigenvalue weighted by molar-refractivity contribution is 5.82. The molecule has 0 aliphatic rings. The van der Waals surface area contributed by atoms with Gasteiger partial charge in [-0.1, -0.05) is 13.8 Å². The van der Waals surface area contributed by atoms with E-state index in [9.17, 15) is 5.11 Å². The summed E-state index contributed by atoms with van der Waals surface area (Å²) in [5.41, 5.74) is 3.00. The van der Waals surface area contributed by atoms with E-state index in [2.05, 4.69) is 24.9 Å². The number of rotatable bonds is 5. The summed E-state index contributed by atoms with van der Waals surface area (Å²) in [5, 5.41) is 9.54. The number of hydrogen-bond acceptors (Lipinski definition) is 3. The average molecular weight is 262 g/mol. The van der Waals surface area contributed by atoms with Crippen LogP contribution in [0.1, 0.15) is 26.3 Å². The van der Waals surface area contributed by atoms with Gasteiger partial charge in [0.2, 0.25) is 0 Å². The van der Waals surface area contributed by atoms with E-state index < -0.39 is 0 Å². The molecule has 0 aliphatic carbocycles. The van der Waals surface area contributed by atoms with Gasteiger partial charge < -0.3 is 14.4 Å². The van der Waals surface area contributed by atoms with Crippen molar-refractivity contribution in [2.45, 2.75) is 33.3 Å². The standard InChI is InChI=1S/C15H22N2O2/c1-10(2)8-19-14-7-12(5-11(3)18)6-13-15(14)16-9-17(13)4/h6-7,9-11,18H,5,8H2,1-4H3. The highest BCUT2D eigenvalue weighted by atomic mass is 16.5. The molecule has 19 heavy (non-hydrogen) atoms. The van der Waals surface area contributed by atoms with Gasteiger partial charge >= 0.3 is 0 Å². The van der Waals surface area contributed by atoms with E-state index in [1.807, 2.05) is 17.7 Å². The Morgan fingerprint density at radius 3 is 2.68 bits per heavy atom. The van der Waals surface area contributed by atoms with Crippen LogP contribution in [0.2, 0.25) is 0 Å². The molecule has 1 aromatic carbocycles. The van der Waals surface area contributed by atoms with Gasteiger partial charge in [-0.25, -0.2) is 4.98 Å². The van der Waals surface area contributed by atoms with Gasteiger partial charge in [0, 0.05) is 7.05 Å². The van der Waals surface area contributed by atoms with Crippen molar-refractivity contribution in [2.75, 3.05) is 6.61 Å². The van der Waals surface area contributed by atoms with Crippen LogP contribution >= 0.6 is 0 Å². The van der Waals surface area contributed by atoms with Crippen LogP contribution in [0, 0.1) is 5.92 Å². The summed E-state index contributed by atoms with van der Waals surface area (Å²) in [7, 11) is 1.97. The smallest absolute Gasteiger partial charge is 0.147 e. The molecule has 2 rings (SSSR count). The highest BCUT2D eigenvalue weighted by Gasteiger charge is 2.11. The summed E-state index contributed by atoms with van der Waals surface area (Å²) >= 11 is 0. The number of imidazole rings is 1. The van der Waals surface area contributed by atoms with Gasteiger partial charge in [0.05, 0.1) is 24.6 Å². The summed E-state index contributed by atoms with van der Waals surface area (Å²) in [5.74, 6) is 1.28. The maximum Gasteiger partial charge on any atom is 0.147 e. The highest BCUT2D eigenvalue weighted by Crippen LogP contribution is 2.27. The Balaban J connectivity index is 2.40. The van der Waals surface area contributed by atoms with Crippen LogP contribution in [0.15, 0.2) is 18.5 Å². The van der Waals surface area contributed by atoms with Gasteiger partial charge in [0.15, 0.2) is 0 Å². The second-order valence-electron chi connectivity index (χ2n) is 5.58. The topological polar surface area (TPSA) is 47.3 Å². The lowest BCUT2D eigenvalue weighted by Crippen LogP contribution is -2.07. The largest absolute Gasteiger partial charge is 0.491 e. The minimum Gasteiger partial charge on any atom is -0.491 e. The zero-order valence-corrected chi connectivity index (χ0v) is 12.1. The van der Waals surface area contributed by atoms with Gasteiger partial charge in [-0.15, -0.1) is 0 Å². The van der Waals surface area contributed by atoms with Gasteiger partial charge in [-0.3, -0.25) is 0 Å². The van der Waals surface area contributed by atoms with Crippen LogP contribution < -0.4 is 4.74 Å². The fourth-order valence-electron chi connectivity index (χ4n) is 2.08. The van der Waals surface area contributed by atoms with Crippen molar-refractivity contribution in [1.29, 1.82) is 0 Å². The molecule has 4 nitrogen and oxygen atoms in total. The summed E-state index contributed by atoms with van der Waals surface area (Å²) < 4.78 is 7.83. The Morgan fingerprint density at radius 1 is 1.32 bits per heavy atom. The number of benzene rings is 1. The number of fused-ring (bicyclic) bond motifs is 1. The first-order valence-corrected chi connectivity index (χ1v) is 6.72. The number of aryl methyl sites for hydroxylation is 1. The van der Waals surface area contributed by atoms with Gasteiger partial charge in [0.1, 0.15) is 11.3 Å². The van der Waals surface area contributed by atoms with Crippen LogP contribution in [0.4, 0.5) is 0 Å². The fourth-order valence-corrected chi connectivity index (χ4v) is 2.08. The maximum atomic E-state index is 9.54. The molecule has 0 fully saturated rings. The number of aliphatic hydroxyl groups is 1. The second kappa shape index (κ2) is 5.61. The number of aromatic nitrogens is 2. The van der Waals surface area contributed by atoms with Crippen molar-refractivity contribution in [2.24, 2.45) is 13.0 Å². The average Bonchev–Trinajstić information content (AvgIpc) is 2.67. The molecule has 1 atom stereocenters. The van der Waals surface area contributed by atoms with Crippen LogP contribution in [0.3, 0.4) is 0 Å². The SMILES string of the molecule is CC(C)COc1cc(CC(C)O)cc2c1ncn2C. The van der Waals surface area contributed by atoms with Crippen molar-refractivity contribution in [3.8, 4) is 5.75 Å². The number of ether oxygens (including phenoxy) is 1. The summed E-state index contributed by atoms with van der Waals surface area (Å²) in [6, 6.07) is 4.06. The summed E-state index contributed by atoms with van der Waals surface area (Å²) in [4.78, 5) is 4.39. The minimum atomic E-state index is -0.358. The first-order chi connectivity index (χ1) is 8.97. The molecule has 1 aromatic heterocycles. The lowest BCUT2D eigenvalue weighted by Gasteiger charge is -2.12. The van der Waals surface area contributed by atoms with E-state index in [0.717, 1.165) is 22.3 Å². The lowest BCUT2D eigenvalue weighted by molar-refractivity contribution is 0.195. The van der Waals surface area contributed by atoms with Gasteiger partial charge in [-0.05, 0) is 37.0 Å². The van der Waals surface area contributed by atoms with Gasteiger partial charge in [0.25, 0.3) is 0 Å². The number of nitrogens with zero attached hydrogens (tertiary/aromatic N) is 2. The molecule has 4 heteroatoms. The van der Waals surface area contributed by atoms with E-state index in [1.165, 1.54) is 0 Å². The molecule has 1 unspecified atom stereocenters. The molecule has 0 radical (unpaired) electrons. The molecular weight excluding hydrogens is 240 g/mol. The molecule has 2 aromatic rings. The molecule has 0 spiro atoms. The van der Waals surface area contributed by atoms with E-state index in [4.69, 9.17) is 4.74 Å². The molecule has 104 valence electrons. The molecule has 0 amide bonds. The van der Waals surface area contributed by atoms with Crippen LogP contribution in [-0.2, 0) is 13.5 Å². The normalized spacial score (nSPS) is 13.2. The first kappa shape index (κ1) is 13.9. The van der Waals surface area contributed by atoms with Crippen LogP contribution in [-0.4, -0.2) is 27.4 Å². The van der Waals surface area contributed by atoms with Crippen molar-refractivity contribution in [3.63, 3.8) is 0 Å². The van der Waals surface area contributed by atoms with Crippen molar-refractivity contribution in [1.82, 2.24) is 9.55 Å². The molecule has 0 bridgehead atoms. The summed E-state index contributed by atoms with van der Waals surface area (Å²) in [6.45, 7) is 6.70. The molecule has 0 saturated carbocycles. The van der Waals surface area contributed by atoms with Crippen molar-refractivity contribution < 1.29 is 9.84 Å². The monoisotopic (exact) mass is 262 g/mol. The van der Waals surface area contributed by atoms with E-state index in [-0.39, 0.29) is 6.10 Å². The lowest BCUT2D eigenvalue weighted by atomic mass is 10.1. The zero-order valence-electron chi connectivity index (χ0n) is 12.1. The Kier molecular flexibility index (Phi) is 4.10. The third-order valence-corrected chi connectivity index (χ3v) is 2.96. The summed E-state index contributed by atoms with van der Waals surface area (Å²) in [6.07, 6.45) is 2.06. The Labute approximate surface area is 114 Å². The van der Waals surface area contributed by atoms with Crippen molar-refractivity contribution >= 4 is 11.0 Å². The predicted octanol–water partition coefficient (Wildman–Crippen LogP) is 2.53. The van der Waals surface area contributed by atoms with Crippen LogP contribution in [0.5, 0.6) is 5.75 Å². The third-order valence-electron chi connectivity index (χ3n) is 2.96. The van der Waals surface area contributed by atoms with E-state index in [0.29, 0.717) is 18.9 Å². The van der Waals surface area contributed by atoms with Crippen LogP contribution in [0.25, 0.3) is 11.0 Å². The number of hydrogen-bond donors (Lipinski definition) is 1. The predicted molar refractivity (Wildman–Crippen MR) is 76.4 cm³/mol. The quantitative estimate of drug-likeness (QED) is 0.900.